The fourth-order valence-electron chi connectivity index (χ4n) is 2.79. The summed E-state index contributed by atoms with van der Waals surface area (Å²) >= 11 is 0. The molecule has 20 heavy (non-hydrogen) atoms. The number of carbonyl (C=O) groups is 1. The Morgan fingerprint density at radius 3 is 2.35 bits per heavy atom. The summed E-state index contributed by atoms with van der Waals surface area (Å²) in [5.41, 5.74) is 2.57. The molecule has 1 amide bonds. The maximum atomic E-state index is 12.4. The van der Waals surface area contributed by atoms with Gasteiger partial charge < -0.3 is 10.1 Å². The Balaban J connectivity index is 2.43. The first-order valence-corrected chi connectivity index (χ1v) is 6.91. The minimum atomic E-state index is -0.256. The van der Waals surface area contributed by atoms with Gasteiger partial charge in [0.15, 0.2) is 0 Å². The van der Waals surface area contributed by atoms with E-state index in [9.17, 15) is 4.79 Å². The number of benzene rings is 1. The average Bonchev–Trinajstić information content (AvgIpc) is 2.37. The molecular weight excluding hydrogens is 252 g/mol. The lowest BCUT2D eigenvalue weighted by molar-refractivity contribution is -0.139. The van der Waals surface area contributed by atoms with Gasteiger partial charge in [0.05, 0.1) is 18.2 Å². The summed E-state index contributed by atoms with van der Waals surface area (Å²) in [4.78, 5) is 14.3. The normalized spacial score (nSPS) is 22.4. The van der Waals surface area contributed by atoms with E-state index < -0.39 is 0 Å². The van der Waals surface area contributed by atoms with E-state index in [1.165, 1.54) is 5.56 Å². The number of hydrogen-bond acceptors (Lipinski definition) is 3. The monoisotopic (exact) mass is 274 g/mol. The van der Waals surface area contributed by atoms with Gasteiger partial charge in [-0.3, -0.25) is 4.79 Å². The number of aryl methyl sites for hydroxylation is 1. The smallest absolute Gasteiger partial charge is 0.229 e. The van der Waals surface area contributed by atoms with E-state index in [0.717, 1.165) is 5.56 Å². The number of likely N-dealkylation sites (tertiary alicyclic amines) is 1. The number of piperidine rings is 1. The molecule has 1 heterocycles. The van der Waals surface area contributed by atoms with Gasteiger partial charge in [0.2, 0.25) is 5.91 Å². The molecule has 1 fully saturated rings. The standard InChI is InChI=1S/C16H22N2O2/c1-11-5-7-12(8-6-11)14-9-13(17-20)10-15(19)18(14)16(2,3)4/h5-8,14,20H,9-10H2,1-4H3. The van der Waals surface area contributed by atoms with Crippen LogP contribution in [0.3, 0.4) is 0 Å². The van der Waals surface area contributed by atoms with Gasteiger partial charge >= 0.3 is 0 Å². The molecule has 0 saturated carbocycles. The van der Waals surface area contributed by atoms with Crippen LogP contribution in [0.25, 0.3) is 0 Å². The molecule has 2 rings (SSSR count). The second kappa shape index (κ2) is 5.27. The quantitative estimate of drug-likeness (QED) is 0.631. The van der Waals surface area contributed by atoms with Gasteiger partial charge in [0, 0.05) is 12.0 Å². The molecule has 0 bridgehead atoms. The lowest BCUT2D eigenvalue weighted by Crippen LogP contribution is -2.51. The average molecular weight is 274 g/mol. The van der Waals surface area contributed by atoms with Gasteiger partial charge in [0.25, 0.3) is 0 Å². The minimum absolute atomic E-state index is 0.0159. The Bertz CT molecular complexity index is 526. The molecule has 1 aliphatic rings. The first-order chi connectivity index (χ1) is 9.32. The lowest BCUT2D eigenvalue weighted by atomic mass is 9.88. The van der Waals surface area contributed by atoms with Crippen molar-refractivity contribution in [3.63, 3.8) is 0 Å². The summed E-state index contributed by atoms with van der Waals surface area (Å²) in [6.45, 7) is 8.14. The largest absolute Gasteiger partial charge is 0.411 e. The molecule has 1 N–H and O–H groups in total. The van der Waals surface area contributed by atoms with Crippen LogP contribution in [-0.4, -0.2) is 27.3 Å². The highest BCUT2D eigenvalue weighted by Gasteiger charge is 2.39. The van der Waals surface area contributed by atoms with Crippen LogP contribution >= 0.6 is 0 Å². The van der Waals surface area contributed by atoms with Crippen LogP contribution in [0.5, 0.6) is 0 Å². The molecule has 1 aliphatic heterocycles. The molecule has 108 valence electrons. The zero-order valence-corrected chi connectivity index (χ0v) is 12.6. The third kappa shape index (κ3) is 2.84. The Morgan fingerprint density at radius 2 is 1.85 bits per heavy atom. The Labute approximate surface area is 120 Å². The van der Waals surface area contributed by atoms with Crippen molar-refractivity contribution in [1.29, 1.82) is 0 Å². The van der Waals surface area contributed by atoms with Crippen LogP contribution in [0.15, 0.2) is 29.4 Å². The second-order valence-electron chi connectivity index (χ2n) is 6.41. The third-order valence-electron chi connectivity index (χ3n) is 3.69. The van der Waals surface area contributed by atoms with Crippen LogP contribution < -0.4 is 0 Å². The predicted molar refractivity (Wildman–Crippen MR) is 79.0 cm³/mol. The molecule has 0 radical (unpaired) electrons. The summed E-state index contributed by atoms with van der Waals surface area (Å²) in [6, 6.07) is 8.12. The van der Waals surface area contributed by atoms with Gasteiger partial charge in [-0.1, -0.05) is 35.0 Å². The molecular formula is C16H22N2O2. The van der Waals surface area contributed by atoms with E-state index in [-0.39, 0.29) is 23.9 Å². The summed E-state index contributed by atoms with van der Waals surface area (Å²) < 4.78 is 0. The maximum absolute atomic E-state index is 12.4. The summed E-state index contributed by atoms with van der Waals surface area (Å²) in [5.74, 6) is 0.0159. The third-order valence-corrected chi connectivity index (χ3v) is 3.69. The molecule has 1 saturated heterocycles. The van der Waals surface area contributed by atoms with E-state index in [4.69, 9.17) is 5.21 Å². The number of rotatable bonds is 1. The van der Waals surface area contributed by atoms with Crippen molar-refractivity contribution in [2.45, 2.75) is 52.1 Å². The van der Waals surface area contributed by atoms with Gasteiger partial charge in [0.1, 0.15) is 0 Å². The van der Waals surface area contributed by atoms with Gasteiger partial charge in [-0.2, -0.15) is 0 Å². The summed E-state index contributed by atoms with van der Waals surface area (Å²) in [5, 5.41) is 12.3. The fourth-order valence-corrected chi connectivity index (χ4v) is 2.79. The lowest BCUT2D eigenvalue weighted by Gasteiger charge is -2.45. The molecule has 1 aromatic rings. The SMILES string of the molecule is Cc1ccc(C2CC(=NO)CC(=O)N2C(C)(C)C)cc1. The van der Waals surface area contributed by atoms with Crippen LogP contribution in [0.4, 0.5) is 0 Å². The molecule has 0 aromatic heterocycles. The molecule has 1 atom stereocenters. The number of amides is 1. The summed E-state index contributed by atoms with van der Waals surface area (Å²) in [6.07, 6.45) is 0.790. The predicted octanol–water partition coefficient (Wildman–Crippen LogP) is 3.29. The second-order valence-corrected chi connectivity index (χ2v) is 6.41. The van der Waals surface area contributed by atoms with E-state index >= 15 is 0 Å². The molecule has 1 aromatic carbocycles. The number of carbonyl (C=O) groups excluding carboxylic acids is 1. The number of oxime groups is 1. The Hall–Kier alpha value is -1.84. The molecule has 0 aliphatic carbocycles. The Morgan fingerprint density at radius 1 is 1.25 bits per heavy atom. The van der Waals surface area contributed by atoms with Crippen molar-refractivity contribution < 1.29 is 10.0 Å². The van der Waals surface area contributed by atoms with E-state index in [1.807, 2.05) is 56.9 Å². The van der Waals surface area contributed by atoms with Crippen LogP contribution in [0, 0.1) is 6.92 Å². The highest BCUT2D eigenvalue weighted by molar-refractivity contribution is 6.03. The van der Waals surface area contributed by atoms with Crippen LogP contribution in [0.2, 0.25) is 0 Å². The van der Waals surface area contributed by atoms with E-state index in [1.54, 1.807) is 0 Å². The molecule has 0 spiro atoms. The maximum Gasteiger partial charge on any atom is 0.229 e. The van der Waals surface area contributed by atoms with Gasteiger partial charge in [-0.25, -0.2) is 0 Å². The first-order valence-electron chi connectivity index (χ1n) is 6.91. The summed E-state index contributed by atoms with van der Waals surface area (Å²) in [7, 11) is 0. The fraction of sp³-hybridized carbons (Fsp3) is 0.500. The number of hydrogen-bond donors (Lipinski definition) is 1. The zero-order valence-electron chi connectivity index (χ0n) is 12.6. The van der Waals surface area contributed by atoms with Crippen molar-refractivity contribution in [1.82, 2.24) is 4.90 Å². The molecule has 4 heteroatoms. The highest BCUT2D eigenvalue weighted by Crippen LogP contribution is 2.35. The van der Waals surface area contributed by atoms with Gasteiger partial charge in [-0.15, -0.1) is 0 Å². The highest BCUT2D eigenvalue weighted by atomic mass is 16.4. The van der Waals surface area contributed by atoms with Crippen molar-refractivity contribution in [3.05, 3.63) is 35.4 Å². The molecule has 1 unspecified atom stereocenters. The van der Waals surface area contributed by atoms with E-state index in [2.05, 4.69) is 5.16 Å². The van der Waals surface area contributed by atoms with Crippen LogP contribution in [-0.2, 0) is 4.79 Å². The minimum Gasteiger partial charge on any atom is -0.411 e. The Kier molecular flexibility index (Phi) is 3.84. The first kappa shape index (κ1) is 14.6. The molecule has 4 nitrogen and oxygen atoms in total. The van der Waals surface area contributed by atoms with Crippen molar-refractivity contribution in [2.75, 3.05) is 0 Å². The van der Waals surface area contributed by atoms with Crippen molar-refractivity contribution in [2.24, 2.45) is 5.16 Å². The van der Waals surface area contributed by atoms with E-state index in [0.29, 0.717) is 12.1 Å². The van der Waals surface area contributed by atoms with Gasteiger partial charge in [-0.05, 0) is 33.3 Å². The topological polar surface area (TPSA) is 52.9 Å². The zero-order chi connectivity index (χ0) is 14.9. The van der Waals surface area contributed by atoms with Crippen LogP contribution in [0.1, 0.15) is 50.8 Å². The van der Waals surface area contributed by atoms with Crippen molar-refractivity contribution in [3.8, 4) is 0 Å². The van der Waals surface area contributed by atoms with Crippen molar-refractivity contribution >= 4 is 11.6 Å². The number of nitrogens with zero attached hydrogens (tertiary/aromatic N) is 2.